The van der Waals surface area contributed by atoms with E-state index in [9.17, 15) is 9.59 Å². The highest BCUT2D eigenvalue weighted by Crippen LogP contribution is 2.20. The van der Waals surface area contributed by atoms with E-state index in [-0.39, 0.29) is 30.5 Å². The van der Waals surface area contributed by atoms with Crippen LogP contribution in [0.1, 0.15) is 39.7 Å². The minimum Gasteiger partial charge on any atom is -0.460 e. The summed E-state index contributed by atoms with van der Waals surface area (Å²) in [5, 5.41) is 2.88. The molecule has 0 unspecified atom stereocenters. The Morgan fingerprint density at radius 3 is 2.50 bits per heavy atom. The van der Waals surface area contributed by atoms with Gasteiger partial charge in [-0.1, -0.05) is 30.3 Å². The zero-order valence-electron chi connectivity index (χ0n) is 13.6. The normalized spacial score (nSPS) is 21.6. The molecule has 120 valence electrons. The molecule has 5 nitrogen and oxygen atoms in total. The van der Waals surface area contributed by atoms with Crippen molar-refractivity contribution in [2.24, 2.45) is 0 Å². The largest absolute Gasteiger partial charge is 0.460 e. The first kappa shape index (κ1) is 16.3. The number of rotatable bonds is 4. The van der Waals surface area contributed by atoms with Gasteiger partial charge in [0.05, 0.1) is 18.5 Å². The molecular formula is C17H24N2O3. The average molecular weight is 304 g/mol. The Kier molecular flexibility index (Phi) is 4.74. The summed E-state index contributed by atoms with van der Waals surface area (Å²) in [5.41, 5.74) is 0.564. The maximum absolute atomic E-state index is 12.1. The summed E-state index contributed by atoms with van der Waals surface area (Å²) in [7, 11) is 0. The van der Waals surface area contributed by atoms with Gasteiger partial charge in [0.25, 0.3) is 0 Å². The van der Waals surface area contributed by atoms with Crippen LogP contribution in [0, 0.1) is 0 Å². The van der Waals surface area contributed by atoms with E-state index >= 15 is 0 Å². The molecular weight excluding hydrogens is 280 g/mol. The van der Waals surface area contributed by atoms with Gasteiger partial charge < -0.3 is 15.0 Å². The Balaban J connectivity index is 1.96. The van der Waals surface area contributed by atoms with Crippen molar-refractivity contribution in [3.05, 3.63) is 35.9 Å². The number of nitrogens with one attached hydrogen (secondary N) is 1. The molecule has 0 saturated carbocycles. The number of hydrogen-bond donors (Lipinski definition) is 1. The summed E-state index contributed by atoms with van der Waals surface area (Å²) >= 11 is 0. The Morgan fingerprint density at radius 2 is 1.91 bits per heavy atom. The van der Waals surface area contributed by atoms with Crippen molar-refractivity contribution < 1.29 is 14.3 Å². The maximum atomic E-state index is 12.1. The van der Waals surface area contributed by atoms with Crippen LogP contribution in [0.2, 0.25) is 0 Å². The Morgan fingerprint density at radius 1 is 1.27 bits per heavy atom. The molecule has 5 heteroatoms. The number of benzene rings is 1. The van der Waals surface area contributed by atoms with Crippen LogP contribution >= 0.6 is 0 Å². The number of carbonyl (C=O) groups is 2. The number of carbonyl (C=O) groups excluding carboxylic acids is 2. The molecule has 0 spiro atoms. The summed E-state index contributed by atoms with van der Waals surface area (Å²) in [6, 6.07) is 9.42. The second kappa shape index (κ2) is 6.38. The molecule has 1 heterocycles. The lowest BCUT2D eigenvalue weighted by atomic mass is 10.1. The monoisotopic (exact) mass is 304 g/mol. The first-order valence-electron chi connectivity index (χ1n) is 7.59. The first-order chi connectivity index (χ1) is 10.3. The fourth-order valence-electron chi connectivity index (χ4n) is 2.54. The van der Waals surface area contributed by atoms with Gasteiger partial charge in [-0.05, 0) is 33.3 Å². The van der Waals surface area contributed by atoms with Crippen LogP contribution < -0.4 is 5.32 Å². The smallest absolute Gasteiger partial charge is 0.318 e. The van der Waals surface area contributed by atoms with Gasteiger partial charge >= 0.3 is 12.0 Å². The quantitative estimate of drug-likeness (QED) is 0.870. The van der Waals surface area contributed by atoms with Crippen LogP contribution in [-0.2, 0) is 16.1 Å². The molecule has 1 aliphatic heterocycles. The minimum atomic E-state index is -0.507. The molecule has 1 saturated heterocycles. The number of ether oxygens (including phenoxy) is 1. The van der Waals surface area contributed by atoms with Crippen molar-refractivity contribution in [1.82, 2.24) is 10.2 Å². The Labute approximate surface area is 131 Å². The van der Waals surface area contributed by atoms with E-state index < -0.39 is 5.60 Å². The van der Waals surface area contributed by atoms with Crippen LogP contribution in [0.4, 0.5) is 4.79 Å². The van der Waals surface area contributed by atoms with Gasteiger partial charge in [0.1, 0.15) is 5.60 Å². The number of amides is 2. The van der Waals surface area contributed by atoms with Gasteiger partial charge in [0.2, 0.25) is 0 Å². The van der Waals surface area contributed by atoms with Crippen molar-refractivity contribution in [2.45, 2.75) is 58.3 Å². The van der Waals surface area contributed by atoms with Crippen molar-refractivity contribution in [1.29, 1.82) is 0 Å². The number of nitrogens with zero attached hydrogens (tertiary/aromatic N) is 1. The zero-order chi connectivity index (χ0) is 16.3. The summed E-state index contributed by atoms with van der Waals surface area (Å²) in [6.45, 7) is 8.00. The molecule has 2 atom stereocenters. The summed E-state index contributed by atoms with van der Waals surface area (Å²) in [6.07, 6.45) is 0.190. The molecule has 2 amide bonds. The summed E-state index contributed by atoms with van der Waals surface area (Å²) in [4.78, 5) is 25.8. The first-order valence-corrected chi connectivity index (χ1v) is 7.59. The molecule has 0 bridgehead atoms. The third-order valence-electron chi connectivity index (χ3n) is 3.65. The van der Waals surface area contributed by atoms with E-state index in [2.05, 4.69) is 5.32 Å². The molecule has 1 aliphatic rings. The minimum absolute atomic E-state index is 0.0553. The van der Waals surface area contributed by atoms with E-state index in [4.69, 9.17) is 4.74 Å². The van der Waals surface area contributed by atoms with Crippen molar-refractivity contribution >= 4 is 12.0 Å². The Hall–Kier alpha value is -2.04. The van der Waals surface area contributed by atoms with Crippen molar-refractivity contribution in [3.63, 3.8) is 0 Å². The van der Waals surface area contributed by atoms with Gasteiger partial charge in [0.15, 0.2) is 0 Å². The second-order valence-electron chi connectivity index (χ2n) is 6.70. The van der Waals surface area contributed by atoms with Crippen LogP contribution in [-0.4, -0.2) is 34.6 Å². The number of esters is 1. The lowest BCUT2D eigenvalue weighted by molar-refractivity contribution is -0.155. The maximum Gasteiger partial charge on any atom is 0.318 e. The predicted octanol–water partition coefficient (Wildman–Crippen LogP) is 2.70. The van der Waals surface area contributed by atoms with Gasteiger partial charge in [-0.25, -0.2) is 4.79 Å². The highest BCUT2D eigenvalue weighted by atomic mass is 16.6. The zero-order valence-corrected chi connectivity index (χ0v) is 13.6. The van der Waals surface area contributed by atoms with E-state index in [1.807, 2.05) is 58.0 Å². The van der Waals surface area contributed by atoms with E-state index in [0.717, 1.165) is 5.56 Å². The SMILES string of the molecule is C[C@H]1[C@H](CC(=O)OC(C)(C)C)NC(=O)N1Cc1ccccc1. The highest BCUT2D eigenvalue weighted by molar-refractivity contribution is 5.79. The van der Waals surface area contributed by atoms with Crippen LogP contribution in [0.3, 0.4) is 0 Å². The molecule has 1 aromatic carbocycles. The standard InChI is InChI=1S/C17H24N2O3/c1-12-14(10-15(20)22-17(2,3)4)18-16(21)19(12)11-13-8-6-5-7-9-13/h5-9,12,14H,10-11H2,1-4H3,(H,18,21)/t12-,14-/m0/s1. The second-order valence-corrected chi connectivity index (χ2v) is 6.70. The lowest BCUT2D eigenvalue weighted by Gasteiger charge is -2.24. The molecule has 0 aromatic heterocycles. The lowest BCUT2D eigenvalue weighted by Crippen LogP contribution is -2.36. The van der Waals surface area contributed by atoms with Gasteiger partial charge in [-0.15, -0.1) is 0 Å². The van der Waals surface area contributed by atoms with E-state index in [0.29, 0.717) is 6.54 Å². The highest BCUT2D eigenvalue weighted by Gasteiger charge is 2.37. The van der Waals surface area contributed by atoms with Gasteiger partial charge in [-0.3, -0.25) is 4.79 Å². The Bertz CT molecular complexity index is 537. The van der Waals surface area contributed by atoms with Crippen LogP contribution in [0.25, 0.3) is 0 Å². The fraction of sp³-hybridized carbons (Fsp3) is 0.529. The van der Waals surface area contributed by atoms with Crippen LogP contribution in [0.5, 0.6) is 0 Å². The molecule has 1 N–H and O–H groups in total. The van der Waals surface area contributed by atoms with E-state index in [1.54, 1.807) is 4.90 Å². The molecule has 0 radical (unpaired) electrons. The molecule has 2 rings (SSSR count). The van der Waals surface area contributed by atoms with Gasteiger partial charge in [0, 0.05) is 6.54 Å². The van der Waals surface area contributed by atoms with Gasteiger partial charge in [-0.2, -0.15) is 0 Å². The van der Waals surface area contributed by atoms with E-state index in [1.165, 1.54) is 0 Å². The topological polar surface area (TPSA) is 58.6 Å². The number of urea groups is 1. The fourth-order valence-corrected chi connectivity index (χ4v) is 2.54. The van der Waals surface area contributed by atoms with Crippen LogP contribution in [0.15, 0.2) is 30.3 Å². The average Bonchev–Trinajstić information content (AvgIpc) is 2.65. The third kappa shape index (κ3) is 4.23. The summed E-state index contributed by atoms with van der Waals surface area (Å²) in [5.74, 6) is -0.286. The molecule has 22 heavy (non-hydrogen) atoms. The molecule has 0 aliphatic carbocycles. The third-order valence-corrected chi connectivity index (χ3v) is 3.65. The predicted molar refractivity (Wildman–Crippen MR) is 84.2 cm³/mol. The molecule has 1 fully saturated rings. The number of hydrogen-bond acceptors (Lipinski definition) is 3. The van der Waals surface area contributed by atoms with Crippen molar-refractivity contribution in [3.8, 4) is 0 Å². The molecule has 1 aromatic rings. The summed E-state index contributed by atoms with van der Waals surface area (Å²) < 4.78 is 5.33. The van der Waals surface area contributed by atoms with Crippen molar-refractivity contribution in [2.75, 3.05) is 0 Å².